The quantitative estimate of drug-likeness (QED) is 0.529. The summed E-state index contributed by atoms with van der Waals surface area (Å²) in [5.74, 6) is -0.0554. The van der Waals surface area contributed by atoms with E-state index in [0.29, 0.717) is 25.3 Å². The predicted molar refractivity (Wildman–Crippen MR) is 61.4 cm³/mol. The second kappa shape index (κ2) is 5.30. The van der Waals surface area contributed by atoms with Gasteiger partial charge in [0.1, 0.15) is 0 Å². The topological polar surface area (TPSA) is 98.2 Å². The van der Waals surface area contributed by atoms with Crippen LogP contribution in [0.3, 0.4) is 0 Å². The molecule has 0 spiro atoms. The Morgan fingerprint density at radius 1 is 1.38 bits per heavy atom. The van der Waals surface area contributed by atoms with E-state index in [2.05, 4.69) is 5.32 Å². The number of carbonyl (C=O) groups excluding carboxylic acids is 2. The van der Waals surface area contributed by atoms with Crippen LogP contribution < -0.4 is 16.8 Å². The van der Waals surface area contributed by atoms with Gasteiger partial charge in [-0.3, -0.25) is 9.59 Å². The molecule has 0 aromatic rings. The van der Waals surface area contributed by atoms with Gasteiger partial charge in [0.15, 0.2) is 0 Å². The van der Waals surface area contributed by atoms with Crippen LogP contribution in [-0.4, -0.2) is 23.9 Å². The van der Waals surface area contributed by atoms with Gasteiger partial charge in [-0.1, -0.05) is 0 Å². The Morgan fingerprint density at radius 2 is 2.00 bits per heavy atom. The lowest BCUT2D eigenvalue weighted by molar-refractivity contribution is -0.126. The summed E-state index contributed by atoms with van der Waals surface area (Å²) in [6, 6.07) is 0. The first-order valence-corrected chi connectivity index (χ1v) is 5.80. The Labute approximate surface area is 95.9 Å². The normalized spacial score (nSPS) is 18.9. The lowest BCUT2D eigenvalue weighted by Crippen LogP contribution is -2.53. The summed E-state index contributed by atoms with van der Waals surface area (Å²) in [4.78, 5) is 22.2. The van der Waals surface area contributed by atoms with Gasteiger partial charge < -0.3 is 16.8 Å². The van der Waals surface area contributed by atoms with Crippen molar-refractivity contribution in [3.05, 3.63) is 0 Å². The van der Waals surface area contributed by atoms with Crippen molar-refractivity contribution in [2.75, 3.05) is 6.54 Å². The zero-order valence-electron chi connectivity index (χ0n) is 9.79. The van der Waals surface area contributed by atoms with E-state index in [1.54, 1.807) is 6.92 Å². The second-order valence-corrected chi connectivity index (χ2v) is 4.74. The molecule has 16 heavy (non-hydrogen) atoms. The maximum atomic E-state index is 11.7. The molecule has 0 bridgehead atoms. The largest absolute Gasteiger partial charge is 0.370 e. The van der Waals surface area contributed by atoms with Gasteiger partial charge in [0, 0.05) is 13.0 Å². The van der Waals surface area contributed by atoms with Crippen LogP contribution in [0, 0.1) is 5.92 Å². The number of amides is 2. The fourth-order valence-electron chi connectivity index (χ4n) is 1.69. The van der Waals surface area contributed by atoms with Crippen LogP contribution in [0.15, 0.2) is 0 Å². The molecule has 0 heterocycles. The lowest BCUT2D eigenvalue weighted by atomic mass is 9.96. The standard InChI is InChI=1S/C11H21N3O2/c1-11(13,8-5-6-8)10(16)14-7-3-2-4-9(12)15/h8H,2-7,13H2,1H3,(H2,12,15)(H,14,16). The van der Waals surface area contributed by atoms with Crippen molar-refractivity contribution in [2.24, 2.45) is 17.4 Å². The van der Waals surface area contributed by atoms with Crippen molar-refractivity contribution < 1.29 is 9.59 Å². The summed E-state index contributed by atoms with van der Waals surface area (Å²) in [7, 11) is 0. The van der Waals surface area contributed by atoms with Gasteiger partial charge in [-0.2, -0.15) is 0 Å². The maximum absolute atomic E-state index is 11.7. The third kappa shape index (κ3) is 3.81. The second-order valence-electron chi connectivity index (χ2n) is 4.74. The molecule has 5 nitrogen and oxygen atoms in total. The Bertz CT molecular complexity index is 272. The zero-order valence-corrected chi connectivity index (χ0v) is 9.79. The molecule has 5 N–H and O–H groups in total. The number of carbonyl (C=O) groups is 2. The fraction of sp³-hybridized carbons (Fsp3) is 0.818. The highest BCUT2D eigenvalue weighted by molar-refractivity contribution is 5.86. The van der Waals surface area contributed by atoms with E-state index < -0.39 is 5.54 Å². The Hall–Kier alpha value is -1.10. The van der Waals surface area contributed by atoms with Crippen LogP contribution in [0.4, 0.5) is 0 Å². The molecule has 1 aliphatic rings. The van der Waals surface area contributed by atoms with E-state index in [-0.39, 0.29) is 11.8 Å². The molecular weight excluding hydrogens is 206 g/mol. The molecule has 92 valence electrons. The molecular formula is C11H21N3O2. The average molecular weight is 227 g/mol. The summed E-state index contributed by atoms with van der Waals surface area (Å²) >= 11 is 0. The highest BCUT2D eigenvalue weighted by Crippen LogP contribution is 2.38. The van der Waals surface area contributed by atoms with Crippen LogP contribution in [-0.2, 0) is 9.59 Å². The van der Waals surface area contributed by atoms with Crippen molar-refractivity contribution >= 4 is 11.8 Å². The van der Waals surface area contributed by atoms with Crippen molar-refractivity contribution in [3.63, 3.8) is 0 Å². The summed E-state index contributed by atoms with van der Waals surface area (Å²) in [6.07, 6.45) is 3.93. The van der Waals surface area contributed by atoms with Crippen LogP contribution in [0.2, 0.25) is 0 Å². The zero-order chi connectivity index (χ0) is 12.2. The third-order valence-electron chi connectivity index (χ3n) is 3.05. The fourth-order valence-corrected chi connectivity index (χ4v) is 1.69. The van der Waals surface area contributed by atoms with Crippen molar-refractivity contribution in [1.29, 1.82) is 0 Å². The Kier molecular flexibility index (Phi) is 4.29. The number of nitrogens with one attached hydrogen (secondary N) is 1. The Balaban J connectivity index is 2.12. The van der Waals surface area contributed by atoms with Gasteiger partial charge in [-0.25, -0.2) is 0 Å². The molecule has 0 aromatic carbocycles. The molecule has 1 rings (SSSR count). The number of nitrogens with two attached hydrogens (primary N) is 2. The number of unbranched alkanes of at least 4 members (excludes halogenated alkanes) is 1. The number of primary amides is 1. The van der Waals surface area contributed by atoms with Gasteiger partial charge in [0.2, 0.25) is 11.8 Å². The van der Waals surface area contributed by atoms with Crippen LogP contribution in [0.25, 0.3) is 0 Å². The molecule has 0 aromatic heterocycles. The number of hydrogen-bond donors (Lipinski definition) is 3. The smallest absolute Gasteiger partial charge is 0.240 e. The number of rotatable bonds is 7. The molecule has 0 saturated heterocycles. The minimum absolute atomic E-state index is 0.0888. The SMILES string of the molecule is CC(N)(C(=O)NCCCCC(N)=O)C1CC1. The molecule has 1 saturated carbocycles. The molecule has 0 radical (unpaired) electrons. The van der Waals surface area contributed by atoms with Gasteiger partial charge in [-0.15, -0.1) is 0 Å². The molecule has 1 unspecified atom stereocenters. The first-order chi connectivity index (χ1) is 7.44. The van der Waals surface area contributed by atoms with Crippen LogP contribution in [0.1, 0.15) is 39.0 Å². The molecule has 0 aliphatic heterocycles. The first-order valence-electron chi connectivity index (χ1n) is 5.80. The summed E-state index contributed by atoms with van der Waals surface area (Å²) < 4.78 is 0. The molecule has 2 amide bonds. The summed E-state index contributed by atoms with van der Waals surface area (Å²) in [6.45, 7) is 2.34. The van der Waals surface area contributed by atoms with E-state index >= 15 is 0 Å². The maximum Gasteiger partial charge on any atom is 0.240 e. The lowest BCUT2D eigenvalue weighted by Gasteiger charge is -2.23. The van der Waals surface area contributed by atoms with E-state index in [4.69, 9.17) is 11.5 Å². The minimum Gasteiger partial charge on any atom is -0.370 e. The monoisotopic (exact) mass is 227 g/mol. The highest BCUT2D eigenvalue weighted by atomic mass is 16.2. The van der Waals surface area contributed by atoms with Crippen molar-refractivity contribution in [1.82, 2.24) is 5.32 Å². The van der Waals surface area contributed by atoms with Gasteiger partial charge in [-0.05, 0) is 38.5 Å². The van der Waals surface area contributed by atoms with E-state index in [0.717, 1.165) is 19.3 Å². The van der Waals surface area contributed by atoms with Crippen LogP contribution >= 0.6 is 0 Å². The van der Waals surface area contributed by atoms with E-state index in [1.807, 2.05) is 0 Å². The molecule has 1 atom stereocenters. The van der Waals surface area contributed by atoms with Crippen LogP contribution in [0.5, 0.6) is 0 Å². The number of hydrogen-bond acceptors (Lipinski definition) is 3. The molecule has 1 fully saturated rings. The first kappa shape index (κ1) is 13.0. The minimum atomic E-state index is -0.732. The molecule has 5 heteroatoms. The molecule has 1 aliphatic carbocycles. The van der Waals surface area contributed by atoms with E-state index in [9.17, 15) is 9.59 Å². The summed E-state index contributed by atoms with van der Waals surface area (Å²) in [5, 5.41) is 2.80. The van der Waals surface area contributed by atoms with Crippen molar-refractivity contribution in [3.8, 4) is 0 Å². The van der Waals surface area contributed by atoms with Gasteiger partial charge in [0.05, 0.1) is 5.54 Å². The predicted octanol–water partition coefficient (Wildman–Crippen LogP) is -0.114. The summed E-state index contributed by atoms with van der Waals surface area (Å²) in [5.41, 5.74) is 10.2. The van der Waals surface area contributed by atoms with Crippen molar-refractivity contribution in [2.45, 2.75) is 44.6 Å². The average Bonchev–Trinajstić information content (AvgIpc) is 2.99. The third-order valence-corrected chi connectivity index (χ3v) is 3.05. The van der Waals surface area contributed by atoms with Gasteiger partial charge >= 0.3 is 0 Å². The van der Waals surface area contributed by atoms with E-state index in [1.165, 1.54) is 0 Å². The van der Waals surface area contributed by atoms with Gasteiger partial charge in [0.25, 0.3) is 0 Å². The highest BCUT2D eigenvalue weighted by Gasteiger charge is 2.43. The Morgan fingerprint density at radius 3 is 2.50 bits per heavy atom.